The molecule has 3 N–H and O–H groups in total. The number of nitrogens with one attached hydrogen (secondary N) is 1. The van der Waals surface area contributed by atoms with Crippen LogP contribution in [-0.4, -0.2) is 28.8 Å². The molecular formula is C29H39NO4. The van der Waals surface area contributed by atoms with Crippen molar-refractivity contribution in [2.75, 3.05) is 5.32 Å². The Morgan fingerprint density at radius 3 is 2.03 bits per heavy atom. The maximum atomic E-state index is 9.91. The molecule has 1 aromatic rings. The van der Waals surface area contributed by atoms with Gasteiger partial charge < -0.3 is 25.0 Å². The van der Waals surface area contributed by atoms with Crippen molar-refractivity contribution in [3.8, 4) is 5.75 Å². The van der Waals surface area contributed by atoms with Crippen molar-refractivity contribution >= 4 is 5.69 Å². The van der Waals surface area contributed by atoms with E-state index in [0.29, 0.717) is 5.56 Å². The topological polar surface area (TPSA) is 77.5 Å². The Balaban J connectivity index is 1.18. The second-order valence-corrected chi connectivity index (χ2v) is 8.60. The van der Waals surface area contributed by atoms with Crippen molar-refractivity contribution in [2.24, 2.45) is 0 Å². The van der Waals surface area contributed by atoms with E-state index in [4.69, 9.17) is 9.47 Å². The van der Waals surface area contributed by atoms with Crippen LogP contribution < -0.4 is 5.32 Å². The molecule has 4 unspecified atom stereocenters. The molecule has 2 aliphatic rings. The van der Waals surface area contributed by atoms with Crippen LogP contribution in [0, 0.1) is 0 Å². The Kier molecular flexibility index (Phi) is 11.2. The van der Waals surface area contributed by atoms with Gasteiger partial charge in [-0.2, -0.15) is 0 Å². The minimum atomic E-state index is -0.818. The Hall–Kier alpha value is -2.60. The van der Waals surface area contributed by atoms with Crippen LogP contribution in [-0.2, 0) is 9.47 Å². The third-order valence-electron chi connectivity index (χ3n) is 5.71. The molecule has 2 fully saturated rings. The number of aliphatic hydroxyl groups is 1. The smallest absolute Gasteiger partial charge is 0.186 e. The monoisotopic (exact) mass is 465 g/mol. The van der Waals surface area contributed by atoms with Gasteiger partial charge in [-0.1, -0.05) is 67.7 Å². The molecule has 1 aromatic carbocycles. The van der Waals surface area contributed by atoms with Crippen LogP contribution in [0.5, 0.6) is 5.75 Å². The molecule has 0 spiro atoms. The first-order chi connectivity index (χ1) is 16.7. The van der Waals surface area contributed by atoms with Crippen molar-refractivity contribution in [1.29, 1.82) is 0 Å². The summed E-state index contributed by atoms with van der Waals surface area (Å²) in [6.07, 6.45) is 29.4. The number of unbranched alkanes of at least 4 members (excludes halogenated alkanes) is 1. The van der Waals surface area contributed by atoms with E-state index in [2.05, 4.69) is 73.0 Å². The standard InChI is InChI=1S/C29H39NO4/c1-2-3-4-5-6-7-8-9-10-11-12-13-14-15-16-17-18-19-26-28(33-26)30-23-20-21-25(31)24(22-23)27-29(32)34-27/h3-4,6-7,9-10,12-13,15-16,20-22,26-32H,2,5,8,11,14,17-19H2,1H3/b4-3-,7-6-,10-9-,13-12-,16-15-. The van der Waals surface area contributed by atoms with Gasteiger partial charge in [-0.05, 0) is 69.6 Å². The highest BCUT2D eigenvalue weighted by Gasteiger charge is 2.41. The molecule has 0 aromatic heterocycles. The summed E-state index contributed by atoms with van der Waals surface area (Å²) in [5.41, 5.74) is 1.47. The number of hydrogen-bond donors (Lipinski definition) is 3. The summed E-state index contributed by atoms with van der Waals surface area (Å²) >= 11 is 0. The molecule has 34 heavy (non-hydrogen) atoms. The van der Waals surface area contributed by atoms with E-state index in [1.165, 1.54) is 0 Å². The summed E-state index contributed by atoms with van der Waals surface area (Å²) in [7, 11) is 0. The molecule has 0 radical (unpaired) electrons. The summed E-state index contributed by atoms with van der Waals surface area (Å²) in [6.45, 7) is 2.15. The van der Waals surface area contributed by atoms with Crippen LogP contribution in [0.1, 0.15) is 70.0 Å². The molecule has 0 aliphatic carbocycles. The van der Waals surface area contributed by atoms with Gasteiger partial charge in [0.2, 0.25) is 0 Å². The highest BCUT2D eigenvalue weighted by atomic mass is 16.7. The Labute approximate surface area is 204 Å². The fourth-order valence-corrected chi connectivity index (χ4v) is 3.66. The van der Waals surface area contributed by atoms with Gasteiger partial charge in [-0.25, -0.2) is 0 Å². The van der Waals surface area contributed by atoms with Crippen molar-refractivity contribution in [2.45, 2.75) is 83.0 Å². The van der Waals surface area contributed by atoms with Gasteiger partial charge in [0.1, 0.15) is 18.0 Å². The van der Waals surface area contributed by atoms with E-state index in [1.54, 1.807) is 6.07 Å². The first-order valence-electron chi connectivity index (χ1n) is 12.5. The fraction of sp³-hybridized carbons (Fsp3) is 0.448. The molecule has 184 valence electrons. The molecule has 3 rings (SSSR count). The second-order valence-electron chi connectivity index (χ2n) is 8.60. The summed E-state index contributed by atoms with van der Waals surface area (Å²) in [4.78, 5) is 0. The third-order valence-corrected chi connectivity index (χ3v) is 5.71. The Bertz CT molecular complexity index is 886. The van der Waals surface area contributed by atoms with Crippen LogP contribution in [0.25, 0.3) is 0 Å². The zero-order valence-electron chi connectivity index (χ0n) is 20.2. The Morgan fingerprint density at radius 1 is 0.853 bits per heavy atom. The van der Waals surface area contributed by atoms with Crippen LogP contribution in [0.2, 0.25) is 0 Å². The van der Waals surface area contributed by atoms with E-state index >= 15 is 0 Å². The molecular weight excluding hydrogens is 426 g/mol. The van der Waals surface area contributed by atoms with Gasteiger partial charge in [0.25, 0.3) is 0 Å². The normalized spacial score (nSPS) is 24.4. The SMILES string of the molecule is CC/C=C\C/C=C\C/C=C\C/C=C\C/C=C\CCCC1OC1Nc1ccc(O)c(C2OC2O)c1. The average molecular weight is 466 g/mol. The van der Waals surface area contributed by atoms with Crippen LogP contribution in [0.3, 0.4) is 0 Å². The summed E-state index contributed by atoms with van der Waals surface area (Å²) in [6, 6.07) is 5.24. The van der Waals surface area contributed by atoms with Gasteiger partial charge in [-0.3, -0.25) is 0 Å². The minimum absolute atomic E-state index is 0.00999. The number of aromatic hydroxyl groups is 1. The van der Waals surface area contributed by atoms with E-state index in [0.717, 1.165) is 57.1 Å². The van der Waals surface area contributed by atoms with Crippen molar-refractivity contribution in [3.05, 3.63) is 84.5 Å². The maximum Gasteiger partial charge on any atom is 0.186 e. The minimum Gasteiger partial charge on any atom is -0.508 e. The molecule has 0 bridgehead atoms. The third kappa shape index (κ3) is 9.72. The highest BCUT2D eigenvalue weighted by Crippen LogP contribution is 2.42. The summed E-state index contributed by atoms with van der Waals surface area (Å²) < 4.78 is 10.8. The quantitative estimate of drug-likeness (QED) is 0.108. The first-order valence-corrected chi connectivity index (χ1v) is 12.5. The molecule has 2 heterocycles. The maximum absolute atomic E-state index is 9.91. The number of ether oxygens (including phenoxy) is 2. The van der Waals surface area contributed by atoms with E-state index < -0.39 is 12.4 Å². The lowest BCUT2D eigenvalue weighted by Gasteiger charge is -2.07. The molecule has 0 amide bonds. The van der Waals surface area contributed by atoms with Gasteiger partial charge in [-0.15, -0.1) is 0 Å². The van der Waals surface area contributed by atoms with E-state index in [1.807, 2.05) is 12.1 Å². The van der Waals surface area contributed by atoms with Gasteiger partial charge >= 0.3 is 0 Å². The van der Waals surface area contributed by atoms with Gasteiger partial charge in [0.05, 0.1) is 0 Å². The zero-order valence-corrected chi connectivity index (χ0v) is 20.2. The predicted octanol–water partition coefficient (Wildman–Crippen LogP) is 6.84. The summed E-state index contributed by atoms with van der Waals surface area (Å²) in [5, 5.41) is 22.7. The second kappa shape index (κ2) is 14.6. The molecule has 2 saturated heterocycles. The number of phenols is 1. The molecule has 5 nitrogen and oxygen atoms in total. The number of phenolic OH excluding ortho intramolecular Hbond substituents is 1. The van der Waals surface area contributed by atoms with Gasteiger partial charge in [0, 0.05) is 11.3 Å². The van der Waals surface area contributed by atoms with E-state index in [9.17, 15) is 10.2 Å². The van der Waals surface area contributed by atoms with Crippen molar-refractivity contribution < 1.29 is 19.7 Å². The number of anilines is 1. The van der Waals surface area contributed by atoms with Crippen molar-refractivity contribution in [1.82, 2.24) is 0 Å². The Morgan fingerprint density at radius 2 is 1.44 bits per heavy atom. The average Bonchev–Trinajstić information content (AvgIpc) is 3.75. The zero-order chi connectivity index (χ0) is 24.0. The number of hydrogen-bond acceptors (Lipinski definition) is 5. The predicted molar refractivity (Wildman–Crippen MR) is 139 cm³/mol. The number of allylic oxidation sites excluding steroid dienone is 10. The van der Waals surface area contributed by atoms with Crippen LogP contribution >= 0.6 is 0 Å². The number of aliphatic hydroxyl groups excluding tert-OH is 1. The first kappa shape index (κ1) is 26.0. The lowest BCUT2D eigenvalue weighted by Crippen LogP contribution is -2.07. The molecule has 5 heteroatoms. The van der Waals surface area contributed by atoms with Gasteiger partial charge in [0.15, 0.2) is 12.5 Å². The lowest BCUT2D eigenvalue weighted by molar-refractivity contribution is 0.156. The van der Waals surface area contributed by atoms with Crippen LogP contribution in [0.4, 0.5) is 5.69 Å². The molecule has 0 saturated carbocycles. The van der Waals surface area contributed by atoms with E-state index in [-0.39, 0.29) is 18.1 Å². The highest BCUT2D eigenvalue weighted by molar-refractivity contribution is 5.53. The fourth-order valence-electron chi connectivity index (χ4n) is 3.66. The number of epoxide rings is 2. The number of rotatable bonds is 16. The largest absolute Gasteiger partial charge is 0.508 e. The summed E-state index contributed by atoms with van der Waals surface area (Å²) in [5.74, 6) is 0.137. The molecule has 4 atom stereocenters. The van der Waals surface area contributed by atoms with Crippen molar-refractivity contribution in [3.63, 3.8) is 0 Å². The molecule has 2 aliphatic heterocycles. The lowest BCUT2D eigenvalue weighted by atomic mass is 10.1. The number of benzene rings is 1. The van der Waals surface area contributed by atoms with Crippen LogP contribution in [0.15, 0.2) is 79.0 Å².